The van der Waals surface area contributed by atoms with Crippen LogP contribution in [0.5, 0.6) is 0 Å². The monoisotopic (exact) mass is 375 g/mol. The molecule has 3 rings (SSSR count). The number of carbonyl (C=O) groups excluding carboxylic acids is 1. The van der Waals surface area contributed by atoms with Crippen molar-refractivity contribution in [3.63, 3.8) is 0 Å². The van der Waals surface area contributed by atoms with Gasteiger partial charge < -0.3 is 14.5 Å². The Morgan fingerprint density at radius 1 is 1.11 bits per heavy atom. The minimum absolute atomic E-state index is 0.0197. The fourth-order valence-corrected chi connectivity index (χ4v) is 2.78. The molecule has 5 nitrogen and oxygen atoms in total. The van der Waals surface area contributed by atoms with Crippen LogP contribution in [0.3, 0.4) is 0 Å². The third-order valence-electron chi connectivity index (χ3n) is 4.09. The minimum Gasteiger partial charge on any atom is -0.550 e. The van der Waals surface area contributed by atoms with Crippen LogP contribution in [-0.4, -0.2) is 15.5 Å². The van der Waals surface area contributed by atoms with Crippen LogP contribution in [0.2, 0.25) is 0 Å². The first kappa shape index (κ1) is 18.6. The second-order valence-corrected chi connectivity index (χ2v) is 6.01. The summed E-state index contributed by atoms with van der Waals surface area (Å²) >= 11 is 0. The molecule has 0 N–H and O–H groups in total. The number of rotatable bonds is 5. The molecule has 0 unspecified atom stereocenters. The Morgan fingerprint density at radius 3 is 2.44 bits per heavy atom. The SMILES string of the molecule is O=C([O-])CCc1nc2cc(C(F)(F)F)ccc2n(Cc2ccccc2)c1=O. The molecule has 0 bridgehead atoms. The second-order valence-electron chi connectivity index (χ2n) is 6.01. The lowest BCUT2D eigenvalue weighted by molar-refractivity contribution is -0.305. The highest BCUT2D eigenvalue weighted by Gasteiger charge is 2.31. The molecular weight excluding hydrogens is 361 g/mol. The number of halogens is 3. The summed E-state index contributed by atoms with van der Waals surface area (Å²) in [5.74, 6) is -1.37. The van der Waals surface area contributed by atoms with E-state index in [1.54, 1.807) is 30.3 Å². The van der Waals surface area contributed by atoms with E-state index >= 15 is 0 Å². The van der Waals surface area contributed by atoms with Gasteiger partial charge in [-0.1, -0.05) is 30.3 Å². The highest BCUT2D eigenvalue weighted by atomic mass is 19.4. The zero-order valence-electron chi connectivity index (χ0n) is 14.0. The average molecular weight is 375 g/mol. The van der Waals surface area contributed by atoms with Gasteiger partial charge in [0.1, 0.15) is 5.69 Å². The molecule has 8 heteroatoms. The molecule has 0 saturated heterocycles. The van der Waals surface area contributed by atoms with E-state index in [4.69, 9.17) is 0 Å². The van der Waals surface area contributed by atoms with Crippen molar-refractivity contribution in [3.05, 3.63) is 75.7 Å². The number of nitrogens with zero attached hydrogens (tertiary/aromatic N) is 2. The maximum Gasteiger partial charge on any atom is 0.416 e. The van der Waals surface area contributed by atoms with E-state index in [2.05, 4.69) is 4.98 Å². The third-order valence-corrected chi connectivity index (χ3v) is 4.09. The van der Waals surface area contributed by atoms with Gasteiger partial charge >= 0.3 is 6.18 Å². The van der Waals surface area contributed by atoms with Crippen LogP contribution in [0.25, 0.3) is 11.0 Å². The molecule has 0 fully saturated rings. The maximum absolute atomic E-state index is 13.0. The van der Waals surface area contributed by atoms with Crippen molar-refractivity contribution in [2.24, 2.45) is 0 Å². The highest BCUT2D eigenvalue weighted by molar-refractivity contribution is 5.76. The van der Waals surface area contributed by atoms with Crippen LogP contribution < -0.4 is 10.7 Å². The van der Waals surface area contributed by atoms with E-state index in [9.17, 15) is 27.9 Å². The van der Waals surface area contributed by atoms with Crippen LogP contribution in [-0.2, 0) is 23.9 Å². The number of aromatic nitrogens is 2. The zero-order chi connectivity index (χ0) is 19.6. The molecule has 0 radical (unpaired) electrons. The first-order valence-corrected chi connectivity index (χ1v) is 8.10. The van der Waals surface area contributed by atoms with Crippen molar-refractivity contribution in [3.8, 4) is 0 Å². The van der Waals surface area contributed by atoms with Crippen molar-refractivity contribution >= 4 is 17.0 Å². The molecule has 0 aliphatic carbocycles. The number of benzene rings is 2. The van der Waals surface area contributed by atoms with Crippen LogP contribution in [0.4, 0.5) is 13.2 Å². The summed E-state index contributed by atoms with van der Waals surface area (Å²) in [6, 6.07) is 11.9. The molecule has 3 aromatic rings. The first-order valence-electron chi connectivity index (χ1n) is 8.10. The number of fused-ring (bicyclic) bond motifs is 1. The molecule has 2 aromatic carbocycles. The van der Waals surface area contributed by atoms with Crippen molar-refractivity contribution in [2.75, 3.05) is 0 Å². The summed E-state index contributed by atoms with van der Waals surface area (Å²) in [4.78, 5) is 27.5. The lowest BCUT2D eigenvalue weighted by Crippen LogP contribution is -2.29. The van der Waals surface area contributed by atoms with Gasteiger partial charge in [0.2, 0.25) is 0 Å². The number of carbonyl (C=O) groups is 1. The smallest absolute Gasteiger partial charge is 0.416 e. The first-order chi connectivity index (χ1) is 12.8. The standard InChI is InChI=1S/C19H15F3N2O3/c20-19(21,22)13-6-8-16-15(10-13)23-14(7-9-17(25)26)18(27)24(16)11-12-4-2-1-3-5-12/h1-6,8,10H,7,9,11H2,(H,25,26)/p-1. The Balaban J connectivity index is 2.18. The molecule has 0 saturated carbocycles. The number of hydrogen-bond acceptors (Lipinski definition) is 4. The van der Waals surface area contributed by atoms with Crippen LogP contribution in [0, 0.1) is 0 Å². The Hall–Kier alpha value is -3.16. The Morgan fingerprint density at radius 2 is 1.81 bits per heavy atom. The summed E-state index contributed by atoms with van der Waals surface area (Å²) < 4.78 is 40.4. The van der Waals surface area contributed by atoms with Crippen molar-refractivity contribution in [1.29, 1.82) is 0 Å². The topological polar surface area (TPSA) is 75.0 Å². The van der Waals surface area contributed by atoms with Crippen molar-refractivity contribution < 1.29 is 23.1 Å². The van der Waals surface area contributed by atoms with Gasteiger partial charge in [0, 0.05) is 12.4 Å². The predicted molar refractivity (Wildman–Crippen MR) is 89.9 cm³/mol. The number of hydrogen-bond donors (Lipinski definition) is 0. The van der Waals surface area contributed by atoms with Gasteiger partial charge in [0.05, 0.1) is 23.1 Å². The molecular formula is C19H14F3N2O3-. The average Bonchev–Trinajstić information content (AvgIpc) is 2.62. The summed E-state index contributed by atoms with van der Waals surface area (Å²) in [5, 5.41) is 10.7. The Labute approximate surface area is 151 Å². The van der Waals surface area contributed by atoms with Gasteiger partial charge in [-0.15, -0.1) is 0 Å². The predicted octanol–water partition coefficient (Wildman–Crippen LogP) is 2.15. The van der Waals surface area contributed by atoms with E-state index in [1.807, 2.05) is 0 Å². The van der Waals surface area contributed by atoms with E-state index in [0.29, 0.717) is 0 Å². The number of carboxylic acid groups (broad SMARTS) is 1. The fraction of sp³-hybridized carbons (Fsp3) is 0.211. The quantitative estimate of drug-likeness (QED) is 0.685. The van der Waals surface area contributed by atoms with Gasteiger partial charge in [-0.25, -0.2) is 4.98 Å². The molecule has 1 aromatic heterocycles. The van der Waals surface area contributed by atoms with Crippen LogP contribution in [0.15, 0.2) is 53.3 Å². The summed E-state index contributed by atoms with van der Waals surface area (Å²) in [6.45, 7) is 0.127. The van der Waals surface area contributed by atoms with E-state index in [1.165, 1.54) is 10.6 Å². The minimum atomic E-state index is -4.55. The molecule has 0 amide bonds. The Bertz CT molecular complexity index is 1040. The molecule has 0 atom stereocenters. The largest absolute Gasteiger partial charge is 0.550 e. The van der Waals surface area contributed by atoms with E-state index in [0.717, 1.165) is 17.7 Å². The number of alkyl halides is 3. The lowest BCUT2D eigenvalue weighted by atomic mass is 10.1. The molecule has 0 aliphatic heterocycles. The van der Waals surface area contributed by atoms with Gasteiger partial charge in [-0.2, -0.15) is 13.2 Å². The van der Waals surface area contributed by atoms with Crippen molar-refractivity contribution in [2.45, 2.75) is 25.6 Å². The fourth-order valence-electron chi connectivity index (χ4n) is 2.78. The summed E-state index contributed by atoms with van der Waals surface area (Å²) in [5.41, 5.74) is -0.534. The second kappa shape index (κ2) is 7.22. The molecule has 27 heavy (non-hydrogen) atoms. The highest BCUT2D eigenvalue weighted by Crippen LogP contribution is 2.30. The van der Waals surface area contributed by atoms with E-state index < -0.39 is 29.7 Å². The zero-order valence-corrected chi connectivity index (χ0v) is 14.0. The maximum atomic E-state index is 13.0. The molecule has 1 heterocycles. The summed E-state index contributed by atoms with van der Waals surface area (Å²) in [7, 11) is 0. The summed E-state index contributed by atoms with van der Waals surface area (Å²) in [6.07, 6.45) is -5.22. The molecule has 0 aliphatic rings. The number of aliphatic carboxylic acids is 1. The number of carboxylic acids is 1. The van der Waals surface area contributed by atoms with Crippen LogP contribution in [0.1, 0.15) is 23.2 Å². The van der Waals surface area contributed by atoms with Crippen LogP contribution >= 0.6 is 0 Å². The van der Waals surface area contributed by atoms with Gasteiger partial charge in [-0.05, 0) is 30.2 Å². The number of aryl methyl sites for hydroxylation is 1. The molecule has 0 spiro atoms. The lowest BCUT2D eigenvalue weighted by Gasteiger charge is -2.14. The normalized spacial score (nSPS) is 11.7. The van der Waals surface area contributed by atoms with Gasteiger partial charge in [-0.3, -0.25) is 4.79 Å². The third kappa shape index (κ3) is 4.16. The van der Waals surface area contributed by atoms with Crippen molar-refractivity contribution in [1.82, 2.24) is 9.55 Å². The van der Waals surface area contributed by atoms with Gasteiger partial charge in [0.25, 0.3) is 5.56 Å². The van der Waals surface area contributed by atoms with Gasteiger partial charge in [0.15, 0.2) is 0 Å². The molecule has 140 valence electrons. The Kier molecular flexibility index (Phi) is 4.98. The van der Waals surface area contributed by atoms with E-state index in [-0.39, 0.29) is 29.7 Å².